The van der Waals surface area contributed by atoms with Crippen LogP contribution < -0.4 is 0 Å². The molecule has 0 bridgehead atoms. The zero-order chi connectivity index (χ0) is 14.6. The van der Waals surface area contributed by atoms with Gasteiger partial charge in [-0.25, -0.2) is 4.79 Å². The second-order valence-corrected chi connectivity index (χ2v) is 3.70. The summed E-state index contributed by atoms with van der Waals surface area (Å²) in [5, 5.41) is 0. The molecule has 0 saturated carbocycles. The van der Waals surface area contributed by atoms with Gasteiger partial charge in [0.25, 0.3) is 5.78 Å². The molecule has 0 aliphatic heterocycles. The molecule has 0 aromatic heterocycles. The van der Waals surface area contributed by atoms with Crippen molar-refractivity contribution in [2.24, 2.45) is 0 Å². The summed E-state index contributed by atoms with van der Waals surface area (Å²) in [5.74, 6) is 0.778. The summed E-state index contributed by atoms with van der Waals surface area (Å²) in [7, 11) is 0. The summed E-state index contributed by atoms with van der Waals surface area (Å²) >= 11 is 0. The van der Waals surface area contributed by atoms with Gasteiger partial charge in [0.1, 0.15) is 13.2 Å². The number of Topliss-reactive ketones (excluding diaryl/α,β-unsaturated/α-hetero) is 1. The molecule has 0 amide bonds. The lowest BCUT2D eigenvalue weighted by molar-refractivity contribution is -0.139. The van der Waals surface area contributed by atoms with Crippen LogP contribution in [0.3, 0.4) is 0 Å². The Bertz CT molecular complexity index is 461. The van der Waals surface area contributed by atoms with Gasteiger partial charge in [-0.2, -0.15) is 0 Å². The maximum Gasteiger partial charge on any atom is 0.379 e. The molecule has 0 unspecified atom stereocenters. The van der Waals surface area contributed by atoms with Crippen molar-refractivity contribution in [1.29, 1.82) is 0 Å². The van der Waals surface area contributed by atoms with E-state index in [2.05, 4.69) is 5.92 Å². The number of rotatable bonds is 9. The van der Waals surface area contributed by atoms with E-state index < -0.39 is 11.8 Å². The van der Waals surface area contributed by atoms with Crippen molar-refractivity contribution in [3.05, 3.63) is 35.9 Å². The van der Waals surface area contributed by atoms with Crippen molar-refractivity contribution in [2.45, 2.75) is 0 Å². The summed E-state index contributed by atoms with van der Waals surface area (Å²) < 4.78 is 14.9. The van der Waals surface area contributed by atoms with Crippen LogP contribution in [0.2, 0.25) is 0 Å². The van der Waals surface area contributed by atoms with Gasteiger partial charge in [0, 0.05) is 5.56 Å². The first kappa shape index (κ1) is 15.9. The lowest BCUT2D eigenvalue weighted by Gasteiger charge is -2.05. The van der Waals surface area contributed by atoms with Gasteiger partial charge in [0.15, 0.2) is 0 Å². The Balaban J connectivity index is 2.12. The lowest BCUT2D eigenvalue weighted by atomic mass is 10.1. The molecule has 1 aromatic rings. The summed E-state index contributed by atoms with van der Waals surface area (Å²) in [6, 6.07) is 8.24. The summed E-state index contributed by atoms with van der Waals surface area (Å²) in [6.45, 7) is 1.19. The number of terminal acetylenes is 1. The molecular formula is C15H16O5. The smallest absolute Gasteiger partial charge is 0.379 e. The van der Waals surface area contributed by atoms with E-state index in [1.54, 1.807) is 30.3 Å². The summed E-state index contributed by atoms with van der Waals surface area (Å²) in [5.41, 5.74) is 0.307. The average molecular weight is 276 g/mol. The first-order valence-electron chi connectivity index (χ1n) is 6.11. The number of ether oxygens (including phenoxy) is 3. The molecule has 0 N–H and O–H groups in total. The zero-order valence-corrected chi connectivity index (χ0v) is 11.0. The zero-order valence-electron chi connectivity index (χ0n) is 11.0. The third-order valence-corrected chi connectivity index (χ3v) is 2.24. The minimum absolute atomic E-state index is 0.0204. The molecule has 5 nitrogen and oxygen atoms in total. The van der Waals surface area contributed by atoms with E-state index in [1.807, 2.05) is 0 Å². The maximum absolute atomic E-state index is 11.6. The topological polar surface area (TPSA) is 61.8 Å². The monoisotopic (exact) mass is 276 g/mol. The number of ketones is 1. The Morgan fingerprint density at radius 1 is 1.00 bits per heavy atom. The van der Waals surface area contributed by atoms with E-state index in [-0.39, 0.29) is 19.8 Å². The van der Waals surface area contributed by atoms with Crippen molar-refractivity contribution in [1.82, 2.24) is 0 Å². The van der Waals surface area contributed by atoms with Gasteiger partial charge in [-0.05, 0) is 0 Å². The molecule has 0 spiro atoms. The number of benzene rings is 1. The predicted molar refractivity (Wildman–Crippen MR) is 72.2 cm³/mol. The Hall–Kier alpha value is -2.16. The van der Waals surface area contributed by atoms with Crippen LogP contribution >= 0.6 is 0 Å². The molecule has 1 rings (SSSR count). The first-order valence-corrected chi connectivity index (χ1v) is 6.11. The quantitative estimate of drug-likeness (QED) is 0.222. The summed E-state index contributed by atoms with van der Waals surface area (Å²) in [4.78, 5) is 23.1. The molecule has 5 heteroatoms. The normalized spacial score (nSPS) is 9.75. The van der Waals surface area contributed by atoms with E-state index in [0.29, 0.717) is 18.8 Å². The van der Waals surface area contributed by atoms with Gasteiger partial charge in [-0.1, -0.05) is 36.3 Å². The van der Waals surface area contributed by atoms with Crippen LogP contribution in [0.15, 0.2) is 30.3 Å². The molecular weight excluding hydrogens is 260 g/mol. The Kier molecular flexibility index (Phi) is 7.73. The van der Waals surface area contributed by atoms with Gasteiger partial charge in [0.2, 0.25) is 0 Å². The summed E-state index contributed by atoms with van der Waals surface area (Å²) in [6.07, 6.45) is 5.00. The van der Waals surface area contributed by atoms with E-state index in [1.165, 1.54) is 0 Å². The predicted octanol–water partition coefficient (Wildman–Crippen LogP) is 1.08. The highest BCUT2D eigenvalue weighted by atomic mass is 16.6. The van der Waals surface area contributed by atoms with Gasteiger partial charge in [-0.3, -0.25) is 4.79 Å². The number of esters is 1. The number of carbonyl (C=O) groups excluding carboxylic acids is 2. The van der Waals surface area contributed by atoms with Crippen molar-refractivity contribution >= 4 is 11.8 Å². The van der Waals surface area contributed by atoms with Crippen LogP contribution in [0.5, 0.6) is 0 Å². The lowest BCUT2D eigenvalue weighted by Crippen LogP contribution is -2.20. The average Bonchev–Trinajstić information content (AvgIpc) is 2.50. The van der Waals surface area contributed by atoms with Crippen LogP contribution in [0.1, 0.15) is 10.4 Å². The molecule has 0 heterocycles. The fourth-order valence-corrected chi connectivity index (χ4v) is 1.32. The molecule has 1 aromatic carbocycles. The molecule has 0 saturated heterocycles. The van der Waals surface area contributed by atoms with Crippen LogP contribution in [-0.4, -0.2) is 44.8 Å². The SMILES string of the molecule is C#CCOCCOCCOC(=O)C(=O)c1ccccc1. The molecule has 106 valence electrons. The standard InChI is InChI=1S/C15H16O5/c1-2-8-18-9-10-19-11-12-20-15(17)14(16)13-6-4-3-5-7-13/h1,3-7H,8-12H2. The molecule has 0 aliphatic rings. The van der Waals surface area contributed by atoms with Crippen LogP contribution in [-0.2, 0) is 19.0 Å². The van der Waals surface area contributed by atoms with Gasteiger partial charge < -0.3 is 14.2 Å². The van der Waals surface area contributed by atoms with E-state index >= 15 is 0 Å². The fraction of sp³-hybridized carbons (Fsp3) is 0.333. The second-order valence-electron chi connectivity index (χ2n) is 3.70. The Morgan fingerprint density at radius 3 is 2.35 bits per heavy atom. The van der Waals surface area contributed by atoms with Crippen molar-refractivity contribution in [3.8, 4) is 12.3 Å². The highest BCUT2D eigenvalue weighted by Gasteiger charge is 2.16. The molecule has 20 heavy (non-hydrogen) atoms. The number of hydrogen-bond acceptors (Lipinski definition) is 5. The van der Waals surface area contributed by atoms with E-state index in [9.17, 15) is 9.59 Å². The first-order chi connectivity index (χ1) is 9.75. The highest BCUT2D eigenvalue weighted by molar-refractivity contribution is 6.40. The van der Waals surface area contributed by atoms with Gasteiger partial charge in [-0.15, -0.1) is 6.42 Å². The maximum atomic E-state index is 11.6. The minimum atomic E-state index is -0.886. The Morgan fingerprint density at radius 2 is 1.65 bits per heavy atom. The Labute approximate surface area is 117 Å². The third kappa shape index (κ3) is 6.14. The number of hydrogen-bond donors (Lipinski definition) is 0. The molecule has 0 aliphatic carbocycles. The highest BCUT2D eigenvalue weighted by Crippen LogP contribution is 2.01. The second kappa shape index (κ2) is 9.73. The molecule has 0 radical (unpaired) electrons. The van der Waals surface area contributed by atoms with Gasteiger partial charge in [0.05, 0.1) is 19.8 Å². The van der Waals surface area contributed by atoms with Crippen LogP contribution in [0.4, 0.5) is 0 Å². The molecule has 0 atom stereocenters. The van der Waals surface area contributed by atoms with Gasteiger partial charge >= 0.3 is 5.97 Å². The third-order valence-electron chi connectivity index (χ3n) is 2.24. The van der Waals surface area contributed by atoms with Crippen molar-refractivity contribution in [2.75, 3.05) is 33.0 Å². The van der Waals surface area contributed by atoms with Crippen LogP contribution in [0.25, 0.3) is 0 Å². The fourth-order valence-electron chi connectivity index (χ4n) is 1.32. The van der Waals surface area contributed by atoms with Crippen LogP contribution in [0, 0.1) is 12.3 Å². The minimum Gasteiger partial charge on any atom is -0.457 e. The van der Waals surface area contributed by atoms with Crippen molar-refractivity contribution < 1.29 is 23.8 Å². The van der Waals surface area contributed by atoms with Crippen molar-refractivity contribution in [3.63, 3.8) is 0 Å². The largest absolute Gasteiger partial charge is 0.457 e. The van der Waals surface area contributed by atoms with E-state index in [0.717, 1.165) is 0 Å². The van der Waals surface area contributed by atoms with E-state index in [4.69, 9.17) is 20.6 Å². The molecule has 0 fully saturated rings. The number of carbonyl (C=O) groups is 2.